The lowest BCUT2D eigenvalue weighted by molar-refractivity contribution is -0.118. The van der Waals surface area contributed by atoms with Gasteiger partial charge in [0, 0.05) is 24.7 Å². The van der Waals surface area contributed by atoms with Crippen LogP contribution >= 0.6 is 0 Å². The van der Waals surface area contributed by atoms with Gasteiger partial charge in [0.15, 0.2) is 0 Å². The van der Waals surface area contributed by atoms with Crippen LogP contribution in [0.15, 0.2) is 18.3 Å². The van der Waals surface area contributed by atoms with Crippen molar-refractivity contribution in [1.29, 1.82) is 0 Å². The Morgan fingerprint density at radius 2 is 2.18 bits per heavy atom. The summed E-state index contributed by atoms with van der Waals surface area (Å²) in [7, 11) is 0. The minimum absolute atomic E-state index is 0.242. The molecule has 1 aromatic heterocycles. The van der Waals surface area contributed by atoms with Crippen LogP contribution in [0.25, 0.3) is 0 Å². The topological polar surface area (TPSA) is 123 Å². The number of nitrogens with two attached hydrogens (primary N) is 2. The Hall–Kier alpha value is -2.15. The second-order valence-electron chi connectivity index (χ2n) is 3.40. The van der Waals surface area contributed by atoms with Crippen LogP contribution in [0, 0.1) is 0 Å². The number of hydrogen-bond donors (Lipinski definition) is 4. The molecule has 7 heteroatoms. The zero-order chi connectivity index (χ0) is 12.7. The van der Waals surface area contributed by atoms with Gasteiger partial charge < -0.3 is 16.5 Å². The van der Waals surface area contributed by atoms with Gasteiger partial charge in [0.25, 0.3) is 5.91 Å². The van der Waals surface area contributed by atoms with E-state index in [1.54, 1.807) is 6.07 Å². The van der Waals surface area contributed by atoms with Gasteiger partial charge in [-0.25, -0.2) is 10.8 Å². The predicted molar refractivity (Wildman–Crippen MR) is 62.8 cm³/mol. The summed E-state index contributed by atoms with van der Waals surface area (Å²) >= 11 is 0. The quantitative estimate of drug-likeness (QED) is 0.298. The van der Waals surface area contributed by atoms with Crippen LogP contribution in [0.3, 0.4) is 0 Å². The van der Waals surface area contributed by atoms with Gasteiger partial charge in [0.1, 0.15) is 5.82 Å². The molecule has 0 fully saturated rings. The summed E-state index contributed by atoms with van der Waals surface area (Å²) in [5.74, 6) is 4.97. The standard InChI is InChI=1S/C10H15N5O2/c11-8(16)2-1-4-14-10(17)7-3-5-13-9(6-7)15-12/h3,5-6H,1-2,4,12H2,(H2,11,16)(H,13,15)(H,14,17). The monoisotopic (exact) mass is 237 g/mol. The molecule has 92 valence electrons. The SMILES string of the molecule is NNc1cc(C(=O)NCCCC(N)=O)ccn1. The number of nitrogens with one attached hydrogen (secondary N) is 2. The summed E-state index contributed by atoms with van der Waals surface area (Å²) in [5.41, 5.74) is 7.78. The Balaban J connectivity index is 2.43. The smallest absolute Gasteiger partial charge is 0.251 e. The molecule has 0 saturated carbocycles. The van der Waals surface area contributed by atoms with E-state index in [9.17, 15) is 9.59 Å². The van der Waals surface area contributed by atoms with Crippen molar-refractivity contribution in [2.75, 3.05) is 12.0 Å². The first-order chi connectivity index (χ1) is 8.13. The van der Waals surface area contributed by atoms with E-state index in [1.165, 1.54) is 12.3 Å². The van der Waals surface area contributed by atoms with Crippen LogP contribution in [0.5, 0.6) is 0 Å². The number of carbonyl (C=O) groups excluding carboxylic acids is 2. The number of rotatable bonds is 6. The van der Waals surface area contributed by atoms with Gasteiger partial charge in [0.2, 0.25) is 5.91 Å². The summed E-state index contributed by atoms with van der Waals surface area (Å²) in [6.07, 6.45) is 2.26. The first-order valence-corrected chi connectivity index (χ1v) is 5.12. The summed E-state index contributed by atoms with van der Waals surface area (Å²) in [5, 5.41) is 2.66. The maximum Gasteiger partial charge on any atom is 0.251 e. The van der Waals surface area contributed by atoms with E-state index >= 15 is 0 Å². The van der Waals surface area contributed by atoms with E-state index in [-0.39, 0.29) is 18.2 Å². The molecule has 0 aromatic carbocycles. The Kier molecular flexibility index (Phi) is 4.89. The number of amides is 2. The third kappa shape index (κ3) is 4.47. The zero-order valence-corrected chi connectivity index (χ0v) is 9.27. The second-order valence-corrected chi connectivity index (χ2v) is 3.40. The number of anilines is 1. The molecule has 0 saturated heterocycles. The van der Waals surface area contributed by atoms with E-state index in [1.807, 2.05) is 0 Å². The fourth-order valence-electron chi connectivity index (χ4n) is 1.22. The number of aromatic nitrogens is 1. The van der Waals surface area contributed by atoms with Gasteiger partial charge in [0.05, 0.1) is 0 Å². The highest BCUT2D eigenvalue weighted by atomic mass is 16.2. The Morgan fingerprint density at radius 1 is 1.41 bits per heavy atom. The maximum absolute atomic E-state index is 11.6. The molecule has 0 aliphatic heterocycles. The predicted octanol–water partition coefficient (Wildman–Crippen LogP) is -0.638. The largest absolute Gasteiger partial charge is 0.370 e. The van der Waals surface area contributed by atoms with Crippen LogP contribution in [-0.2, 0) is 4.79 Å². The summed E-state index contributed by atoms with van der Waals surface area (Å²) in [4.78, 5) is 26.0. The fraction of sp³-hybridized carbons (Fsp3) is 0.300. The fourth-order valence-corrected chi connectivity index (χ4v) is 1.22. The average molecular weight is 237 g/mol. The van der Waals surface area contributed by atoms with Crippen molar-refractivity contribution >= 4 is 17.6 Å². The summed E-state index contributed by atoms with van der Waals surface area (Å²) in [6, 6.07) is 3.10. The van der Waals surface area contributed by atoms with Gasteiger partial charge in [-0.05, 0) is 18.6 Å². The van der Waals surface area contributed by atoms with Crippen molar-refractivity contribution in [3.05, 3.63) is 23.9 Å². The molecule has 7 nitrogen and oxygen atoms in total. The number of carbonyl (C=O) groups is 2. The Labute approximate surface area is 98.5 Å². The van der Waals surface area contributed by atoms with Crippen molar-refractivity contribution in [3.8, 4) is 0 Å². The molecule has 2 amide bonds. The minimum Gasteiger partial charge on any atom is -0.370 e. The lowest BCUT2D eigenvalue weighted by Gasteiger charge is -2.05. The molecule has 0 aliphatic carbocycles. The van der Waals surface area contributed by atoms with Gasteiger partial charge in [-0.1, -0.05) is 0 Å². The molecular formula is C10H15N5O2. The third-order valence-electron chi connectivity index (χ3n) is 2.06. The van der Waals surface area contributed by atoms with Crippen LogP contribution in [0.2, 0.25) is 0 Å². The molecule has 0 radical (unpaired) electrons. The molecule has 1 rings (SSSR count). The summed E-state index contributed by atoms with van der Waals surface area (Å²) in [6.45, 7) is 0.398. The molecule has 0 atom stereocenters. The van der Waals surface area contributed by atoms with E-state index in [0.29, 0.717) is 24.3 Å². The first-order valence-electron chi connectivity index (χ1n) is 5.12. The number of pyridine rings is 1. The molecule has 6 N–H and O–H groups in total. The highest BCUT2D eigenvalue weighted by molar-refractivity contribution is 5.94. The van der Waals surface area contributed by atoms with Crippen LogP contribution < -0.4 is 22.3 Å². The number of primary amides is 1. The molecule has 0 aliphatic rings. The van der Waals surface area contributed by atoms with E-state index in [4.69, 9.17) is 11.6 Å². The van der Waals surface area contributed by atoms with Gasteiger partial charge >= 0.3 is 0 Å². The van der Waals surface area contributed by atoms with Crippen LogP contribution in [-0.4, -0.2) is 23.3 Å². The average Bonchev–Trinajstić information content (AvgIpc) is 2.34. The van der Waals surface area contributed by atoms with Crippen molar-refractivity contribution in [3.63, 3.8) is 0 Å². The third-order valence-corrected chi connectivity index (χ3v) is 2.06. The van der Waals surface area contributed by atoms with Crippen molar-refractivity contribution in [2.45, 2.75) is 12.8 Å². The molecule has 1 heterocycles. The van der Waals surface area contributed by atoms with Crippen LogP contribution in [0.4, 0.5) is 5.82 Å². The second kappa shape index (κ2) is 6.44. The normalized spacial score (nSPS) is 9.71. The highest BCUT2D eigenvalue weighted by Gasteiger charge is 2.05. The summed E-state index contributed by atoms with van der Waals surface area (Å²) < 4.78 is 0. The minimum atomic E-state index is -0.377. The Morgan fingerprint density at radius 3 is 2.82 bits per heavy atom. The number of nitrogen functional groups attached to an aromatic ring is 1. The highest BCUT2D eigenvalue weighted by Crippen LogP contribution is 2.04. The lowest BCUT2D eigenvalue weighted by atomic mass is 10.2. The van der Waals surface area contributed by atoms with Crippen molar-refractivity contribution in [1.82, 2.24) is 10.3 Å². The van der Waals surface area contributed by atoms with Gasteiger partial charge in [-0.15, -0.1) is 0 Å². The lowest BCUT2D eigenvalue weighted by Crippen LogP contribution is -2.25. The van der Waals surface area contributed by atoms with Gasteiger partial charge in [-0.2, -0.15) is 0 Å². The van der Waals surface area contributed by atoms with Crippen molar-refractivity contribution in [2.24, 2.45) is 11.6 Å². The molecule has 1 aromatic rings. The van der Waals surface area contributed by atoms with Crippen molar-refractivity contribution < 1.29 is 9.59 Å². The first kappa shape index (κ1) is 12.9. The molecule has 0 spiro atoms. The van der Waals surface area contributed by atoms with E-state index in [0.717, 1.165) is 0 Å². The van der Waals surface area contributed by atoms with Crippen LogP contribution in [0.1, 0.15) is 23.2 Å². The Bertz CT molecular complexity index is 407. The number of hydrazine groups is 1. The molecule has 0 bridgehead atoms. The van der Waals surface area contributed by atoms with Gasteiger partial charge in [-0.3, -0.25) is 9.59 Å². The molecular weight excluding hydrogens is 222 g/mol. The maximum atomic E-state index is 11.6. The molecule has 17 heavy (non-hydrogen) atoms. The zero-order valence-electron chi connectivity index (χ0n) is 9.27. The number of hydrogen-bond acceptors (Lipinski definition) is 5. The van der Waals surface area contributed by atoms with E-state index < -0.39 is 0 Å². The molecule has 0 unspecified atom stereocenters. The van der Waals surface area contributed by atoms with E-state index in [2.05, 4.69) is 15.7 Å². The number of nitrogens with zero attached hydrogens (tertiary/aromatic N) is 1.